The molecule has 0 aliphatic carbocycles. The van der Waals surface area contributed by atoms with Gasteiger partial charge >= 0.3 is 6.18 Å². The molecule has 16 heavy (non-hydrogen) atoms. The van der Waals surface area contributed by atoms with Crippen LogP contribution in [0, 0.1) is 0 Å². The Bertz CT molecular complexity index is 427. The first kappa shape index (κ1) is 12.8. The van der Waals surface area contributed by atoms with Crippen molar-refractivity contribution in [1.82, 2.24) is 0 Å². The number of halogens is 4. The van der Waals surface area contributed by atoms with E-state index in [9.17, 15) is 18.0 Å². The van der Waals surface area contributed by atoms with E-state index < -0.39 is 17.5 Å². The van der Waals surface area contributed by atoms with Crippen molar-refractivity contribution >= 4 is 17.4 Å². The van der Waals surface area contributed by atoms with Crippen LogP contribution in [0.5, 0.6) is 5.75 Å². The van der Waals surface area contributed by atoms with E-state index in [1.54, 1.807) is 0 Å². The summed E-state index contributed by atoms with van der Waals surface area (Å²) in [5.41, 5.74) is -1.16. The fourth-order valence-electron chi connectivity index (χ4n) is 1.17. The Morgan fingerprint density at radius 1 is 1.38 bits per heavy atom. The van der Waals surface area contributed by atoms with E-state index in [0.29, 0.717) is 6.07 Å². The standard InChI is InChI=1S/C10H8ClF3O2/c1-5(15)7-3-6(10(12,13)14)4-8(16-2)9(7)11/h3-4H,1-2H3. The Balaban J connectivity index is 3.46. The quantitative estimate of drug-likeness (QED) is 0.752. The van der Waals surface area contributed by atoms with Crippen LogP contribution in [0.4, 0.5) is 13.2 Å². The second-order valence-electron chi connectivity index (χ2n) is 3.09. The first-order valence-corrected chi connectivity index (χ1v) is 4.61. The Morgan fingerprint density at radius 2 is 1.94 bits per heavy atom. The Hall–Kier alpha value is -1.23. The average Bonchev–Trinajstić information content (AvgIpc) is 2.15. The van der Waals surface area contributed by atoms with Crippen molar-refractivity contribution in [2.75, 3.05) is 7.11 Å². The highest BCUT2D eigenvalue weighted by molar-refractivity contribution is 6.35. The molecule has 0 unspecified atom stereocenters. The highest BCUT2D eigenvalue weighted by atomic mass is 35.5. The molecule has 0 N–H and O–H groups in total. The van der Waals surface area contributed by atoms with Crippen molar-refractivity contribution < 1.29 is 22.7 Å². The lowest BCUT2D eigenvalue weighted by Gasteiger charge is -2.12. The van der Waals surface area contributed by atoms with Gasteiger partial charge in [0.15, 0.2) is 5.78 Å². The molecule has 0 atom stereocenters. The molecule has 0 radical (unpaired) electrons. The maximum absolute atomic E-state index is 12.5. The number of hydrogen-bond donors (Lipinski definition) is 0. The summed E-state index contributed by atoms with van der Waals surface area (Å²) in [6.45, 7) is 1.14. The third-order valence-corrected chi connectivity index (χ3v) is 2.36. The third-order valence-electron chi connectivity index (χ3n) is 1.97. The summed E-state index contributed by atoms with van der Waals surface area (Å²) < 4.78 is 42.1. The second kappa shape index (κ2) is 4.33. The number of rotatable bonds is 2. The highest BCUT2D eigenvalue weighted by Crippen LogP contribution is 2.37. The van der Waals surface area contributed by atoms with Crippen molar-refractivity contribution in [3.63, 3.8) is 0 Å². The van der Waals surface area contributed by atoms with Crippen LogP contribution in [0.15, 0.2) is 12.1 Å². The van der Waals surface area contributed by atoms with Gasteiger partial charge in [-0.15, -0.1) is 0 Å². The van der Waals surface area contributed by atoms with Crippen molar-refractivity contribution in [2.45, 2.75) is 13.1 Å². The molecule has 0 saturated carbocycles. The van der Waals surface area contributed by atoms with Gasteiger partial charge in [-0.25, -0.2) is 0 Å². The van der Waals surface area contributed by atoms with E-state index in [-0.39, 0.29) is 16.3 Å². The summed E-state index contributed by atoms with van der Waals surface area (Å²) in [5.74, 6) is -0.712. The highest BCUT2D eigenvalue weighted by Gasteiger charge is 2.32. The van der Waals surface area contributed by atoms with Gasteiger partial charge in [0, 0.05) is 5.56 Å². The number of methoxy groups -OCH3 is 1. The summed E-state index contributed by atoms with van der Waals surface area (Å²) in [6.07, 6.45) is -4.54. The van der Waals surface area contributed by atoms with Gasteiger partial charge in [-0.2, -0.15) is 13.2 Å². The second-order valence-corrected chi connectivity index (χ2v) is 3.47. The van der Waals surface area contributed by atoms with Crippen LogP contribution in [0.2, 0.25) is 5.02 Å². The number of benzene rings is 1. The molecule has 0 saturated heterocycles. The molecule has 0 bridgehead atoms. The number of hydrogen-bond acceptors (Lipinski definition) is 2. The summed E-state index contributed by atoms with van der Waals surface area (Å²) in [6, 6.07) is 1.47. The molecule has 1 rings (SSSR count). The molecule has 0 spiro atoms. The Labute approximate surface area is 95.0 Å². The summed E-state index contributed by atoms with van der Waals surface area (Å²) in [7, 11) is 1.19. The van der Waals surface area contributed by atoms with E-state index in [1.807, 2.05) is 0 Å². The average molecular weight is 253 g/mol. The predicted octanol–water partition coefficient (Wildman–Crippen LogP) is 3.57. The zero-order valence-corrected chi connectivity index (χ0v) is 9.24. The number of ether oxygens (including phenoxy) is 1. The maximum Gasteiger partial charge on any atom is 0.416 e. The molecule has 2 nitrogen and oxygen atoms in total. The summed E-state index contributed by atoms with van der Waals surface area (Å²) >= 11 is 5.71. The van der Waals surface area contributed by atoms with Crippen LogP contribution >= 0.6 is 11.6 Å². The van der Waals surface area contributed by atoms with E-state index in [4.69, 9.17) is 11.6 Å². The lowest BCUT2D eigenvalue weighted by Crippen LogP contribution is -2.08. The Kier molecular flexibility index (Phi) is 3.48. The van der Waals surface area contributed by atoms with Crippen LogP contribution in [0.1, 0.15) is 22.8 Å². The molecule has 0 aliphatic heterocycles. The molecule has 0 fully saturated rings. The number of carbonyl (C=O) groups is 1. The van der Waals surface area contributed by atoms with Gasteiger partial charge in [0.2, 0.25) is 0 Å². The SMILES string of the molecule is COc1cc(C(F)(F)F)cc(C(C)=O)c1Cl. The fourth-order valence-corrected chi connectivity index (χ4v) is 1.49. The van der Waals surface area contributed by atoms with E-state index >= 15 is 0 Å². The molecule has 88 valence electrons. The number of carbonyl (C=O) groups excluding carboxylic acids is 1. The zero-order valence-electron chi connectivity index (χ0n) is 8.48. The third kappa shape index (κ3) is 2.47. The smallest absolute Gasteiger partial charge is 0.416 e. The minimum absolute atomic E-state index is 0.108. The number of alkyl halides is 3. The minimum Gasteiger partial charge on any atom is -0.495 e. The lowest BCUT2D eigenvalue weighted by atomic mass is 10.1. The van der Waals surface area contributed by atoms with Crippen LogP contribution in [-0.4, -0.2) is 12.9 Å². The summed E-state index contributed by atoms with van der Waals surface area (Å²) in [5, 5.41) is -0.108. The van der Waals surface area contributed by atoms with Gasteiger partial charge in [0.25, 0.3) is 0 Å². The van der Waals surface area contributed by atoms with Gasteiger partial charge in [-0.05, 0) is 19.1 Å². The monoisotopic (exact) mass is 252 g/mol. The Morgan fingerprint density at radius 3 is 2.31 bits per heavy atom. The van der Waals surface area contributed by atoms with Crippen molar-refractivity contribution in [3.8, 4) is 5.75 Å². The topological polar surface area (TPSA) is 26.3 Å². The van der Waals surface area contributed by atoms with Crippen LogP contribution in [-0.2, 0) is 6.18 Å². The minimum atomic E-state index is -4.54. The molecule has 0 heterocycles. The molecule has 1 aromatic rings. The van der Waals surface area contributed by atoms with E-state index in [1.165, 1.54) is 7.11 Å². The molecule has 0 aromatic heterocycles. The van der Waals surface area contributed by atoms with Gasteiger partial charge in [-0.3, -0.25) is 4.79 Å². The first-order valence-electron chi connectivity index (χ1n) is 4.23. The molecular weight excluding hydrogens is 245 g/mol. The van der Waals surface area contributed by atoms with Gasteiger partial charge < -0.3 is 4.74 Å². The predicted molar refractivity (Wildman–Crippen MR) is 53.0 cm³/mol. The van der Waals surface area contributed by atoms with Gasteiger partial charge in [0.05, 0.1) is 17.7 Å². The van der Waals surface area contributed by atoms with Crippen molar-refractivity contribution in [3.05, 3.63) is 28.3 Å². The molecule has 1 aromatic carbocycles. The van der Waals surface area contributed by atoms with Crippen molar-refractivity contribution in [1.29, 1.82) is 0 Å². The van der Waals surface area contributed by atoms with E-state index in [2.05, 4.69) is 4.74 Å². The van der Waals surface area contributed by atoms with Gasteiger partial charge in [0.1, 0.15) is 5.75 Å². The van der Waals surface area contributed by atoms with Crippen LogP contribution < -0.4 is 4.74 Å². The number of Topliss-reactive ketones (excluding diaryl/α,β-unsaturated/α-hetero) is 1. The molecule has 0 amide bonds. The van der Waals surface area contributed by atoms with Crippen LogP contribution in [0.3, 0.4) is 0 Å². The zero-order chi connectivity index (χ0) is 12.5. The van der Waals surface area contributed by atoms with E-state index in [0.717, 1.165) is 13.0 Å². The van der Waals surface area contributed by atoms with Crippen molar-refractivity contribution in [2.24, 2.45) is 0 Å². The lowest BCUT2D eigenvalue weighted by molar-refractivity contribution is -0.137. The first-order chi connectivity index (χ1) is 7.27. The molecule has 0 aliphatic rings. The van der Waals surface area contributed by atoms with Gasteiger partial charge in [-0.1, -0.05) is 11.6 Å². The fraction of sp³-hybridized carbons (Fsp3) is 0.300. The maximum atomic E-state index is 12.5. The van der Waals surface area contributed by atoms with Crippen LogP contribution in [0.25, 0.3) is 0 Å². The summed E-state index contributed by atoms with van der Waals surface area (Å²) in [4.78, 5) is 11.1. The molecule has 6 heteroatoms. The molecular formula is C10H8ClF3O2. The largest absolute Gasteiger partial charge is 0.495 e. The number of ketones is 1. The normalized spacial score (nSPS) is 11.4.